The van der Waals surface area contributed by atoms with Crippen LogP contribution in [0.25, 0.3) is 0 Å². The van der Waals surface area contributed by atoms with Crippen LogP contribution in [0.2, 0.25) is 0 Å². The van der Waals surface area contributed by atoms with Gasteiger partial charge >= 0.3 is 0 Å². The Hall–Kier alpha value is -2.10. The number of hydrogen-bond donors (Lipinski definition) is 1. The van der Waals surface area contributed by atoms with Gasteiger partial charge in [-0.15, -0.1) is 0 Å². The average molecular weight is 464 g/mol. The predicted octanol–water partition coefficient (Wildman–Crippen LogP) is 4.08. The molecule has 4 fully saturated rings. The van der Waals surface area contributed by atoms with Gasteiger partial charge < -0.3 is 15.1 Å². The van der Waals surface area contributed by atoms with Crippen molar-refractivity contribution in [2.45, 2.75) is 62.3 Å². The minimum Gasteiger partial charge on any atom is -0.367 e. The number of nitrogens with one attached hydrogen (secondary N) is 1. The Labute approximate surface area is 186 Å². The van der Waals surface area contributed by atoms with Crippen molar-refractivity contribution in [2.75, 3.05) is 16.3 Å². The number of nitriles is 1. The van der Waals surface area contributed by atoms with Gasteiger partial charge in [0.25, 0.3) is 0 Å². The highest BCUT2D eigenvalue weighted by molar-refractivity contribution is 9.10. The first-order chi connectivity index (χ1) is 14.7. The fourth-order valence-electron chi connectivity index (χ4n) is 6.61. The number of hydrogen-bond acceptors (Lipinski definition) is 5. The van der Waals surface area contributed by atoms with E-state index in [2.05, 4.69) is 55.3 Å². The van der Waals surface area contributed by atoms with Gasteiger partial charge in [0.15, 0.2) is 0 Å². The topological polar surface area (TPSA) is 55.2 Å². The minimum atomic E-state index is 0.458. The molecular weight excluding hydrogens is 438 g/mol. The molecule has 5 nitrogen and oxygen atoms in total. The zero-order valence-electron chi connectivity index (χ0n) is 16.9. The molecule has 1 aromatic heterocycles. The number of benzene rings is 1. The van der Waals surface area contributed by atoms with E-state index in [9.17, 15) is 0 Å². The van der Waals surface area contributed by atoms with E-state index in [1.165, 1.54) is 37.8 Å². The van der Waals surface area contributed by atoms with Crippen molar-refractivity contribution in [1.82, 2.24) is 10.3 Å². The summed E-state index contributed by atoms with van der Waals surface area (Å²) in [6.07, 6.45) is 8.31. The van der Waals surface area contributed by atoms with E-state index >= 15 is 0 Å². The molecule has 0 amide bonds. The average Bonchev–Trinajstić information content (AvgIpc) is 3.37. The molecule has 2 aliphatic carbocycles. The van der Waals surface area contributed by atoms with E-state index in [1.54, 1.807) is 0 Å². The first-order valence-corrected chi connectivity index (χ1v) is 11.9. The quantitative estimate of drug-likeness (QED) is 0.726. The molecule has 1 N–H and O–H groups in total. The summed E-state index contributed by atoms with van der Waals surface area (Å²) in [6, 6.07) is 17.2. The molecule has 2 aromatic rings. The van der Waals surface area contributed by atoms with E-state index in [4.69, 9.17) is 10.2 Å². The van der Waals surface area contributed by atoms with Gasteiger partial charge in [0.05, 0.1) is 17.7 Å². The molecule has 6 atom stereocenters. The fraction of sp³-hybridized carbons (Fsp3) is 0.500. The number of anilines is 2. The molecule has 1 aromatic carbocycles. The van der Waals surface area contributed by atoms with E-state index in [1.807, 2.05) is 24.4 Å². The normalized spacial score (nSPS) is 34.4. The van der Waals surface area contributed by atoms with Crippen molar-refractivity contribution in [2.24, 2.45) is 5.92 Å². The summed E-state index contributed by atoms with van der Waals surface area (Å²) in [4.78, 5) is 10.1. The largest absolute Gasteiger partial charge is 0.367 e. The third kappa shape index (κ3) is 2.86. The molecule has 30 heavy (non-hydrogen) atoms. The smallest absolute Gasteiger partial charge is 0.130 e. The Bertz CT molecular complexity index is 986. The summed E-state index contributed by atoms with van der Waals surface area (Å²) in [6.45, 7) is 1.08. The number of piperidine rings is 1. The van der Waals surface area contributed by atoms with Crippen molar-refractivity contribution in [3.8, 4) is 6.07 Å². The molecule has 2 saturated heterocycles. The van der Waals surface area contributed by atoms with Crippen LogP contribution in [-0.4, -0.2) is 41.7 Å². The number of halogens is 1. The van der Waals surface area contributed by atoms with Crippen molar-refractivity contribution in [3.63, 3.8) is 0 Å². The number of nitrogens with zero attached hydrogens (tertiary/aromatic N) is 4. The zero-order chi connectivity index (χ0) is 20.2. The number of fused-ring (bicyclic) bond motifs is 6. The summed E-state index contributed by atoms with van der Waals surface area (Å²) < 4.78 is 1.11. The van der Waals surface area contributed by atoms with Crippen molar-refractivity contribution >= 4 is 27.4 Å². The van der Waals surface area contributed by atoms with Crippen LogP contribution in [0.4, 0.5) is 11.5 Å². The number of rotatable bonds is 2. The lowest BCUT2D eigenvalue weighted by molar-refractivity contribution is 0.185. The van der Waals surface area contributed by atoms with Gasteiger partial charge in [-0.25, -0.2) is 4.98 Å². The van der Waals surface area contributed by atoms with Crippen LogP contribution in [-0.2, 0) is 0 Å². The number of aromatic nitrogens is 1. The maximum Gasteiger partial charge on any atom is 0.130 e. The van der Waals surface area contributed by atoms with Crippen LogP contribution < -0.4 is 15.1 Å². The zero-order valence-corrected chi connectivity index (χ0v) is 18.5. The van der Waals surface area contributed by atoms with Gasteiger partial charge in [-0.1, -0.05) is 28.8 Å². The molecule has 0 radical (unpaired) electrons. The van der Waals surface area contributed by atoms with E-state index in [0.29, 0.717) is 36.1 Å². The maximum atomic E-state index is 9.13. The molecule has 2 saturated carbocycles. The molecule has 6 heteroatoms. The SMILES string of the molecule is N#Cc1ccc(N2C[C@H]3C[C@@H]2[C@H]2N[C@@H]4CCCC[C@H]4N(c4cc(Br)ccn4)C32)cc1. The lowest BCUT2D eigenvalue weighted by atomic mass is 9.81. The standard InChI is InChI=1S/C24H26BrN5/c25-17-9-10-27-22(12-17)30-20-4-2-1-3-19(20)28-23-21-11-16(24(23)30)14-29(21)18-7-5-15(13-26)6-8-18/h5-10,12,16,19-21,23-24,28H,1-4,11,14H2/t16-,19-,20-,21-,23-,24?/m1/s1. The highest BCUT2D eigenvalue weighted by atomic mass is 79.9. The molecule has 4 aliphatic rings. The van der Waals surface area contributed by atoms with Gasteiger partial charge in [0.2, 0.25) is 0 Å². The minimum absolute atomic E-state index is 0.458. The lowest BCUT2D eigenvalue weighted by Crippen LogP contribution is -2.73. The summed E-state index contributed by atoms with van der Waals surface area (Å²) in [5.41, 5.74) is 1.98. The van der Waals surface area contributed by atoms with Crippen LogP contribution in [0.3, 0.4) is 0 Å². The van der Waals surface area contributed by atoms with Crippen molar-refractivity contribution in [3.05, 3.63) is 52.6 Å². The highest BCUT2D eigenvalue weighted by Gasteiger charge is 2.58. The van der Waals surface area contributed by atoms with Crippen LogP contribution in [0.1, 0.15) is 37.7 Å². The first-order valence-electron chi connectivity index (χ1n) is 11.2. The summed E-state index contributed by atoms with van der Waals surface area (Å²) in [5, 5.41) is 13.2. The summed E-state index contributed by atoms with van der Waals surface area (Å²) in [7, 11) is 0. The Kier molecular flexibility index (Phi) is 4.51. The van der Waals surface area contributed by atoms with E-state index < -0.39 is 0 Å². The Morgan fingerprint density at radius 1 is 1.10 bits per heavy atom. The Morgan fingerprint density at radius 3 is 2.73 bits per heavy atom. The van der Waals surface area contributed by atoms with Crippen molar-refractivity contribution in [1.29, 1.82) is 5.26 Å². The van der Waals surface area contributed by atoms with Crippen LogP contribution in [0.5, 0.6) is 0 Å². The Balaban J connectivity index is 1.35. The molecule has 1 unspecified atom stereocenters. The first kappa shape index (κ1) is 18.7. The van der Waals surface area contributed by atoms with Crippen molar-refractivity contribution < 1.29 is 0 Å². The van der Waals surface area contributed by atoms with Crippen LogP contribution in [0.15, 0.2) is 47.1 Å². The molecule has 3 heterocycles. The third-order valence-corrected chi connectivity index (χ3v) is 8.25. The van der Waals surface area contributed by atoms with E-state index in [-0.39, 0.29) is 0 Å². The fourth-order valence-corrected chi connectivity index (χ4v) is 6.93. The molecule has 2 bridgehead atoms. The van der Waals surface area contributed by atoms with Gasteiger partial charge in [-0.05, 0) is 55.7 Å². The van der Waals surface area contributed by atoms with Gasteiger partial charge in [-0.2, -0.15) is 5.26 Å². The predicted molar refractivity (Wildman–Crippen MR) is 122 cm³/mol. The van der Waals surface area contributed by atoms with Gasteiger partial charge in [0, 0.05) is 53.0 Å². The molecule has 0 spiro atoms. The summed E-state index contributed by atoms with van der Waals surface area (Å²) >= 11 is 3.67. The molecular formula is C24H26BrN5. The molecule has 2 aliphatic heterocycles. The second-order valence-electron chi connectivity index (χ2n) is 9.26. The van der Waals surface area contributed by atoms with E-state index in [0.717, 1.165) is 22.4 Å². The monoisotopic (exact) mass is 463 g/mol. The highest BCUT2D eigenvalue weighted by Crippen LogP contribution is 2.48. The Morgan fingerprint density at radius 2 is 1.93 bits per heavy atom. The second-order valence-corrected chi connectivity index (χ2v) is 10.2. The maximum absolute atomic E-state index is 9.13. The lowest BCUT2D eigenvalue weighted by Gasteiger charge is -2.56. The number of piperazine rings is 1. The van der Waals surface area contributed by atoms with Crippen LogP contribution in [0, 0.1) is 17.2 Å². The number of pyridine rings is 1. The summed E-state index contributed by atoms with van der Waals surface area (Å²) in [5.74, 6) is 1.77. The third-order valence-electron chi connectivity index (χ3n) is 7.76. The molecule has 154 valence electrons. The van der Waals surface area contributed by atoms with Gasteiger partial charge in [-0.3, -0.25) is 0 Å². The van der Waals surface area contributed by atoms with Gasteiger partial charge in [0.1, 0.15) is 5.82 Å². The second kappa shape index (κ2) is 7.25. The molecule has 6 rings (SSSR count). The van der Waals surface area contributed by atoms with Crippen LogP contribution >= 0.6 is 15.9 Å².